The third-order valence-electron chi connectivity index (χ3n) is 10.5. The minimum Gasteiger partial charge on any atom is -0.301 e. The summed E-state index contributed by atoms with van der Waals surface area (Å²) in [7, 11) is -3.52. The van der Waals surface area contributed by atoms with Crippen LogP contribution in [0.2, 0.25) is 0 Å². The summed E-state index contributed by atoms with van der Waals surface area (Å²) in [6.07, 6.45) is 10.1. The Morgan fingerprint density at radius 1 is 0.865 bits per heavy atom. The van der Waals surface area contributed by atoms with Crippen molar-refractivity contribution in [2.45, 2.75) is 77.9 Å². The Bertz CT molecular complexity index is 1220. The first-order chi connectivity index (χ1) is 17.8. The van der Waals surface area contributed by atoms with Gasteiger partial charge in [0.05, 0.1) is 18.0 Å². The molecule has 0 radical (unpaired) electrons. The van der Waals surface area contributed by atoms with Crippen LogP contribution in [0, 0.1) is 28.6 Å². The summed E-state index contributed by atoms with van der Waals surface area (Å²) in [5.41, 5.74) is 2.55. The number of allylic oxidation sites excluding steroid dienone is 1. The smallest absolute Gasteiger partial charge is 0.301 e. The van der Waals surface area contributed by atoms with Crippen LogP contribution in [0.4, 0.5) is 0 Å². The van der Waals surface area contributed by atoms with Gasteiger partial charge < -0.3 is 9.05 Å². The number of fused-ring (bicyclic) bond motifs is 5. The van der Waals surface area contributed by atoms with Crippen molar-refractivity contribution < 1.29 is 18.4 Å². The van der Waals surface area contributed by atoms with Crippen molar-refractivity contribution in [3.8, 4) is 0 Å². The highest BCUT2D eigenvalue weighted by Gasteiger charge is 2.60. The molecular weight excluding hydrogens is 479 g/mol. The van der Waals surface area contributed by atoms with Gasteiger partial charge in [-0.1, -0.05) is 68.0 Å². The van der Waals surface area contributed by atoms with Crippen LogP contribution in [0.5, 0.6) is 0 Å². The number of carbonyl (C=O) groups excluding carboxylic acids is 1. The van der Waals surface area contributed by atoms with Crippen molar-refractivity contribution in [1.82, 2.24) is 0 Å². The highest BCUT2D eigenvalue weighted by Crippen LogP contribution is 2.67. The highest BCUT2D eigenvalue weighted by molar-refractivity contribution is 7.62. The maximum Gasteiger partial charge on any atom is 0.361 e. The first kappa shape index (κ1) is 25.3. The minimum atomic E-state index is -3.52. The molecule has 2 aromatic carbocycles. The van der Waals surface area contributed by atoms with Gasteiger partial charge in [-0.15, -0.1) is 0 Å². The van der Waals surface area contributed by atoms with E-state index in [9.17, 15) is 9.36 Å². The molecule has 0 saturated heterocycles. The van der Waals surface area contributed by atoms with E-state index in [1.54, 1.807) is 0 Å². The molecule has 37 heavy (non-hydrogen) atoms. The van der Waals surface area contributed by atoms with E-state index in [1.807, 2.05) is 66.7 Å². The molecule has 1 unspecified atom stereocenters. The monoisotopic (exact) mass is 518 g/mol. The second kappa shape index (κ2) is 9.63. The van der Waals surface area contributed by atoms with Crippen LogP contribution in [0.1, 0.15) is 70.8 Å². The fourth-order valence-corrected chi connectivity index (χ4v) is 10.2. The van der Waals surface area contributed by atoms with Gasteiger partial charge in [0, 0.05) is 6.42 Å². The zero-order valence-electron chi connectivity index (χ0n) is 22.1. The van der Waals surface area contributed by atoms with Gasteiger partial charge in [0.15, 0.2) is 5.78 Å². The van der Waals surface area contributed by atoms with Crippen molar-refractivity contribution in [3.05, 3.63) is 77.9 Å². The van der Waals surface area contributed by atoms with E-state index in [4.69, 9.17) is 9.05 Å². The number of hydrogen-bond acceptors (Lipinski definition) is 4. The van der Waals surface area contributed by atoms with Crippen LogP contribution in [0.15, 0.2) is 72.3 Å². The van der Waals surface area contributed by atoms with Crippen LogP contribution in [-0.4, -0.2) is 11.9 Å². The standard InChI is InChI=1S/C32H39O4P/c1-31-19-17-25(33)21-24(31)13-14-27-28-15-16-30(32(28,2)20-18-29(27)31)36-37(34,26-11-7-4-8-12-26)35-22-23-9-5-3-6-10-23/h3-12,21,27-30H,13-20,22H2,1-2H3/t27-,28-,29-,30-,31-,32-,37?/m0/s1. The quantitative estimate of drug-likeness (QED) is 0.369. The van der Waals surface area contributed by atoms with Gasteiger partial charge in [0.25, 0.3) is 0 Å². The van der Waals surface area contributed by atoms with Gasteiger partial charge >= 0.3 is 7.60 Å². The minimum absolute atomic E-state index is 0.0101. The third-order valence-corrected chi connectivity index (χ3v) is 12.4. The lowest BCUT2D eigenvalue weighted by Gasteiger charge is -2.58. The van der Waals surface area contributed by atoms with E-state index < -0.39 is 7.60 Å². The van der Waals surface area contributed by atoms with Gasteiger partial charge in [-0.3, -0.25) is 9.36 Å². The van der Waals surface area contributed by atoms with E-state index in [2.05, 4.69) is 13.8 Å². The van der Waals surface area contributed by atoms with Gasteiger partial charge in [-0.2, -0.15) is 0 Å². The maximum atomic E-state index is 14.4. The fourth-order valence-electron chi connectivity index (χ4n) is 8.36. The molecular formula is C32H39O4P. The Hall–Kier alpha value is -2.00. The zero-order chi connectivity index (χ0) is 25.7. The molecule has 7 atom stereocenters. The zero-order valence-corrected chi connectivity index (χ0v) is 23.0. The molecule has 0 N–H and O–H groups in total. The highest BCUT2D eigenvalue weighted by atomic mass is 31.2. The molecule has 2 aromatic rings. The van der Waals surface area contributed by atoms with Gasteiger partial charge in [0.1, 0.15) is 0 Å². The molecule has 0 aliphatic heterocycles. The number of benzene rings is 2. The normalized spacial score (nSPS) is 36.6. The van der Waals surface area contributed by atoms with E-state index in [1.165, 1.54) is 5.57 Å². The third kappa shape index (κ3) is 4.40. The van der Waals surface area contributed by atoms with Crippen molar-refractivity contribution in [2.75, 3.05) is 0 Å². The van der Waals surface area contributed by atoms with Crippen molar-refractivity contribution >= 4 is 18.7 Å². The Morgan fingerprint density at radius 2 is 1.59 bits per heavy atom. The SMILES string of the molecule is C[C@]12CC[C@H]3[C@@H](CCC4=CC(=O)CC[C@@]43C)[C@@H]1CC[C@@H]2OP(=O)(OCc1ccccc1)c1ccccc1. The molecule has 3 saturated carbocycles. The molecule has 0 spiro atoms. The second-order valence-electron chi connectivity index (χ2n) is 12.3. The molecule has 0 bridgehead atoms. The molecule has 0 aromatic heterocycles. The van der Waals surface area contributed by atoms with E-state index in [0.29, 0.717) is 35.3 Å². The summed E-state index contributed by atoms with van der Waals surface area (Å²) in [4.78, 5) is 12.2. The molecule has 4 aliphatic carbocycles. The molecule has 196 valence electrons. The van der Waals surface area contributed by atoms with Crippen LogP contribution in [-0.2, 0) is 25.0 Å². The average Bonchev–Trinajstić information content (AvgIpc) is 3.25. The predicted octanol–water partition coefficient (Wildman–Crippen LogP) is 7.64. The Balaban J connectivity index is 1.25. The van der Waals surface area contributed by atoms with Crippen molar-refractivity contribution in [2.24, 2.45) is 28.6 Å². The fraction of sp³-hybridized carbons (Fsp3) is 0.531. The maximum absolute atomic E-state index is 14.4. The first-order valence-electron chi connectivity index (χ1n) is 14.1. The molecule has 5 heteroatoms. The van der Waals surface area contributed by atoms with Crippen molar-refractivity contribution in [3.63, 3.8) is 0 Å². The van der Waals surface area contributed by atoms with Crippen LogP contribution >= 0.6 is 7.60 Å². The summed E-state index contributed by atoms with van der Waals surface area (Å²) in [6, 6.07) is 19.4. The lowest BCUT2D eigenvalue weighted by molar-refractivity contribution is -0.117. The Labute approximate surface area is 221 Å². The van der Waals surface area contributed by atoms with Gasteiger partial charge in [0.2, 0.25) is 0 Å². The van der Waals surface area contributed by atoms with Crippen molar-refractivity contribution in [1.29, 1.82) is 0 Å². The summed E-state index contributed by atoms with van der Waals surface area (Å²) in [5.74, 6) is 2.15. The number of rotatable bonds is 6. The van der Waals surface area contributed by atoms with E-state index in [-0.39, 0.29) is 23.5 Å². The molecule has 4 aliphatic rings. The Morgan fingerprint density at radius 3 is 2.35 bits per heavy atom. The largest absolute Gasteiger partial charge is 0.361 e. The second-order valence-corrected chi connectivity index (χ2v) is 14.3. The topological polar surface area (TPSA) is 52.6 Å². The van der Waals surface area contributed by atoms with Crippen LogP contribution in [0.3, 0.4) is 0 Å². The molecule has 4 nitrogen and oxygen atoms in total. The van der Waals surface area contributed by atoms with Gasteiger partial charge in [-0.25, -0.2) is 0 Å². The number of ketones is 1. The van der Waals surface area contributed by atoms with Crippen LogP contribution in [0.25, 0.3) is 0 Å². The Kier molecular flexibility index (Phi) is 6.58. The summed E-state index contributed by atoms with van der Waals surface area (Å²) >= 11 is 0. The first-order valence-corrected chi connectivity index (χ1v) is 15.6. The molecule has 0 heterocycles. The summed E-state index contributed by atoms with van der Waals surface area (Å²) < 4.78 is 27.3. The average molecular weight is 519 g/mol. The summed E-state index contributed by atoms with van der Waals surface area (Å²) in [6.45, 7) is 5.07. The molecule has 0 amide bonds. The van der Waals surface area contributed by atoms with E-state index >= 15 is 0 Å². The summed E-state index contributed by atoms with van der Waals surface area (Å²) in [5, 5.41) is 0.637. The molecule has 6 rings (SSSR count). The predicted molar refractivity (Wildman–Crippen MR) is 146 cm³/mol. The van der Waals surface area contributed by atoms with Crippen LogP contribution < -0.4 is 5.30 Å². The lowest BCUT2D eigenvalue weighted by atomic mass is 9.47. The molecule has 3 fully saturated rings. The number of carbonyl (C=O) groups is 1. The van der Waals surface area contributed by atoms with Gasteiger partial charge in [-0.05, 0) is 97.3 Å². The number of hydrogen-bond donors (Lipinski definition) is 0. The lowest BCUT2D eigenvalue weighted by Crippen LogP contribution is -2.51. The van der Waals surface area contributed by atoms with E-state index in [0.717, 1.165) is 50.5 Å².